The molecule has 0 unspecified atom stereocenters. The van der Waals surface area contributed by atoms with Crippen LogP contribution in [0.15, 0.2) is 54.6 Å². The summed E-state index contributed by atoms with van der Waals surface area (Å²) in [7, 11) is 1.86. The molecule has 1 aliphatic rings. The maximum absolute atomic E-state index is 12.9. The third kappa shape index (κ3) is 4.42. The second kappa shape index (κ2) is 8.91. The SMILES string of the molecule is CCOc1ccccc1N1CC[NH+]([C@@H](C)C(=O)N(C)c2ccccc2)CC1. The van der Waals surface area contributed by atoms with Crippen molar-refractivity contribution in [2.45, 2.75) is 19.9 Å². The Bertz CT molecular complexity index is 742. The monoisotopic (exact) mass is 368 g/mol. The fourth-order valence-corrected chi connectivity index (χ4v) is 3.71. The number of amides is 1. The van der Waals surface area contributed by atoms with E-state index in [1.807, 2.05) is 63.4 Å². The summed E-state index contributed by atoms with van der Waals surface area (Å²) >= 11 is 0. The minimum absolute atomic E-state index is 0.0560. The normalized spacial score (nSPS) is 16.0. The zero-order chi connectivity index (χ0) is 19.2. The lowest BCUT2D eigenvalue weighted by Crippen LogP contribution is -3.19. The molecule has 5 heteroatoms. The van der Waals surface area contributed by atoms with E-state index in [1.165, 1.54) is 4.90 Å². The predicted octanol–water partition coefficient (Wildman–Crippen LogP) is 1.84. The lowest BCUT2D eigenvalue weighted by atomic mass is 10.1. The largest absolute Gasteiger partial charge is 0.492 e. The number of carbonyl (C=O) groups is 1. The highest BCUT2D eigenvalue weighted by Crippen LogP contribution is 2.27. The van der Waals surface area contributed by atoms with Crippen LogP contribution in [-0.4, -0.2) is 51.8 Å². The van der Waals surface area contributed by atoms with Gasteiger partial charge in [0, 0.05) is 12.7 Å². The van der Waals surface area contributed by atoms with Crippen molar-refractivity contribution in [2.24, 2.45) is 0 Å². The Labute approximate surface area is 162 Å². The van der Waals surface area contributed by atoms with Gasteiger partial charge in [-0.2, -0.15) is 0 Å². The number of anilines is 2. The third-order valence-corrected chi connectivity index (χ3v) is 5.37. The van der Waals surface area contributed by atoms with E-state index in [2.05, 4.69) is 17.0 Å². The molecule has 3 rings (SSSR count). The first kappa shape index (κ1) is 19.2. The van der Waals surface area contributed by atoms with Crippen molar-refractivity contribution in [2.75, 3.05) is 49.6 Å². The number of para-hydroxylation sites is 3. The maximum atomic E-state index is 12.9. The van der Waals surface area contributed by atoms with Gasteiger partial charge in [0.15, 0.2) is 6.04 Å². The van der Waals surface area contributed by atoms with Crippen molar-refractivity contribution in [3.8, 4) is 5.75 Å². The molecule has 0 spiro atoms. The predicted molar refractivity (Wildman–Crippen MR) is 110 cm³/mol. The molecule has 0 saturated carbocycles. The van der Waals surface area contributed by atoms with E-state index in [9.17, 15) is 4.79 Å². The van der Waals surface area contributed by atoms with E-state index in [0.29, 0.717) is 6.61 Å². The molecular weight excluding hydrogens is 338 g/mol. The number of benzene rings is 2. The van der Waals surface area contributed by atoms with Crippen LogP contribution in [-0.2, 0) is 4.79 Å². The first-order chi connectivity index (χ1) is 13.1. The first-order valence-corrected chi connectivity index (χ1v) is 9.75. The number of carbonyl (C=O) groups excluding carboxylic acids is 1. The van der Waals surface area contributed by atoms with Gasteiger partial charge < -0.3 is 19.4 Å². The van der Waals surface area contributed by atoms with Crippen molar-refractivity contribution in [3.05, 3.63) is 54.6 Å². The number of hydrogen-bond donors (Lipinski definition) is 1. The first-order valence-electron chi connectivity index (χ1n) is 9.75. The summed E-state index contributed by atoms with van der Waals surface area (Å²) in [5.41, 5.74) is 2.09. The van der Waals surface area contributed by atoms with E-state index in [-0.39, 0.29) is 11.9 Å². The number of hydrogen-bond acceptors (Lipinski definition) is 3. The average Bonchev–Trinajstić information content (AvgIpc) is 2.73. The minimum Gasteiger partial charge on any atom is -0.492 e. The van der Waals surface area contributed by atoms with Crippen molar-refractivity contribution >= 4 is 17.3 Å². The molecule has 0 radical (unpaired) electrons. The Morgan fingerprint density at radius 3 is 2.41 bits per heavy atom. The Morgan fingerprint density at radius 1 is 1.11 bits per heavy atom. The average molecular weight is 369 g/mol. The molecule has 1 fully saturated rings. The molecule has 1 heterocycles. The fraction of sp³-hybridized carbons (Fsp3) is 0.409. The van der Waals surface area contributed by atoms with Crippen LogP contribution in [0.4, 0.5) is 11.4 Å². The summed E-state index contributed by atoms with van der Waals surface area (Å²) in [6, 6.07) is 18.0. The molecule has 0 aliphatic carbocycles. The highest BCUT2D eigenvalue weighted by atomic mass is 16.5. The lowest BCUT2D eigenvalue weighted by Gasteiger charge is -2.37. The van der Waals surface area contributed by atoms with Gasteiger partial charge in [-0.1, -0.05) is 30.3 Å². The summed E-state index contributed by atoms with van der Waals surface area (Å²) in [5, 5.41) is 0. The van der Waals surface area contributed by atoms with Gasteiger partial charge in [0.25, 0.3) is 5.91 Å². The Kier molecular flexibility index (Phi) is 6.35. The number of ether oxygens (including phenoxy) is 1. The number of nitrogens with zero attached hydrogens (tertiary/aromatic N) is 2. The molecule has 27 heavy (non-hydrogen) atoms. The van der Waals surface area contributed by atoms with Crippen LogP contribution in [0.5, 0.6) is 5.75 Å². The maximum Gasteiger partial charge on any atom is 0.284 e. The molecular formula is C22H30N3O2+. The molecule has 1 amide bonds. The van der Waals surface area contributed by atoms with Crippen molar-refractivity contribution in [3.63, 3.8) is 0 Å². The zero-order valence-electron chi connectivity index (χ0n) is 16.5. The molecule has 5 nitrogen and oxygen atoms in total. The van der Waals surface area contributed by atoms with E-state index < -0.39 is 0 Å². The molecule has 2 aromatic rings. The van der Waals surface area contributed by atoms with Gasteiger partial charge in [-0.3, -0.25) is 4.79 Å². The van der Waals surface area contributed by atoms with Crippen LogP contribution in [0.1, 0.15) is 13.8 Å². The number of quaternary nitrogens is 1. The smallest absolute Gasteiger partial charge is 0.284 e. The zero-order valence-corrected chi connectivity index (χ0v) is 16.5. The quantitative estimate of drug-likeness (QED) is 0.845. The molecule has 1 N–H and O–H groups in total. The molecule has 2 aromatic carbocycles. The fourth-order valence-electron chi connectivity index (χ4n) is 3.71. The molecule has 1 aliphatic heterocycles. The summed E-state index contributed by atoms with van der Waals surface area (Å²) in [4.78, 5) is 18.4. The summed E-state index contributed by atoms with van der Waals surface area (Å²) in [5.74, 6) is 1.11. The summed E-state index contributed by atoms with van der Waals surface area (Å²) < 4.78 is 5.77. The molecule has 144 valence electrons. The van der Waals surface area contributed by atoms with Crippen LogP contribution in [0.25, 0.3) is 0 Å². The van der Waals surface area contributed by atoms with Crippen LogP contribution in [0.3, 0.4) is 0 Å². The van der Waals surface area contributed by atoms with Crippen molar-refractivity contribution in [1.29, 1.82) is 0 Å². The molecule has 1 saturated heterocycles. The van der Waals surface area contributed by atoms with Crippen LogP contribution < -0.4 is 19.4 Å². The van der Waals surface area contributed by atoms with E-state index in [0.717, 1.165) is 43.3 Å². The van der Waals surface area contributed by atoms with E-state index in [1.54, 1.807) is 4.90 Å². The van der Waals surface area contributed by atoms with Crippen LogP contribution >= 0.6 is 0 Å². The van der Waals surface area contributed by atoms with E-state index >= 15 is 0 Å². The minimum atomic E-state index is -0.0560. The Balaban J connectivity index is 1.61. The van der Waals surface area contributed by atoms with Crippen LogP contribution in [0.2, 0.25) is 0 Å². The van der Waals surface area contributed by atoms with Gasteiger partial charge >= 0.3 is 0 Å². The number of likely N-dealkylation sites (N-methyl/N-ethyl adjacent to an activating group) is 1. The second-order valence-electron chi connectivity index (χ2n) is 7.00. The van der Waals surface area contributed by atoms with Crippen LogP contribution in [0, 0.1) is 0 Å². The van der Waals surface area contributed by atoms with Crippen molar-refractivity contribution < 1.29 is 14.4 Å². The molecule has 0 bridgehead atoms. The van der Waals surface area contributed by atoms with Crippen molar-refractivity contribution in [1.82, 2.24) is 0 Å². The summed E-state index contributed by atoms with van der Waals surface area (Å²) in [6.45, 7) is 8.44. The Hall–Kier alpha value is -2.53. The topological polar surface area (TPSA) is 37.2 Å². The summed E-state index contributed by atoms with van der Waals surface area (Å²) in [6.07, 6.45) is 0. The third-order valence-electron chi connectivity index (χ3n) is 5.37. The molecule has 1 atom stereocenters. The Morgan fingerprint density at radius 2 is 1.74 bits per heavy atom. The van der Waals surface area contributed by atoms with Gasteiger partial charge in [0.2, 0.25) is 0 Å². The van der Waals surface area contributed by atoms with Gasteiger partial charge in [-0.05, 0) is 38.1 Å². The highest BCUT2D eigenvalue weighted by Gasteiger charge is 2.32. The van der Waals surface area contributed by atoms with E-state index in [4.69, 9.17) is 4.74 Å². The number of nitrogens with one attached hydrogen (secondary N) is 1. The van der Waals surface area contributed by atoms with Gasteiger partial charge in [0.1, 0.15) is 5.75 Å². The van der Waals surface area contributed by atoms with Gasteiger partial charge in [-0.15, -0.1) is 0 Å². The van der Waals surface area contributed by atoms with Gasteiger partial charge in [-0.25, -0.2) is 0 Å². The number of piperazine rings is 1. The van der Waals surface area contributed by atoms with Gasteiger partial charge in [0.05, 0.1) is 38.5 Å². The lowest BCUT2D eigenvalue weighted by molar-refractivity contribution is -0.914. The standard InChI is InChI=1S/C22H29N3O2/c1-4-27-21-13-9-8-12-20(21)25-16-14-24(15-17-25)18(2)22(26)23(3)19-10-6-5-7-11-19/h5-13,18H,4,14-17H2,1-3H3/p+1/t18-/m0/s1. The number of rotatable bonds is 6. The molecule has 0 aromatic heterocycles. The highest BCUT2D eigenvalue weighted by molar-refractivity contribution is 5.95. The second-order valence-corrected chi connectivity index (χ2v) is 7.00.